The van der Waals surface area contributed by atoms with Crippen LogP contribution in [0, 0.1) is 5.92 Å². The lowest BCUT2D eigenvalue weighted by molar-refractivity contribution is -0.140. The topological polar surface area (TPSA) is 59.9 Å². The quantitative estimate of drug-likeness (QED) is 0.711. The van der Waals surface area contributed by atoms with Crippen molar-refractivity contribution >= 4 is 17.5 Å². The van der Waals surface area contributed by atoms with E-state index in [0.717, 1.165) is 37.7 Å². The molecular weight excluding hydrogens is 292 g/mol. The molecule has 130 valence electrons. The minimum Gasteiger partial charge on any atom is -0.481 e. The molecule has 1 heterocycles. The first-order valence-electron chi connectivity index (χ1n) is 8.22. The van der Waals surface area contributed by atoms with Crippen LogP contribution >= 0.6 is 0 Å². The third-order valence-electron chi connectivity index (χ3n) is 3.92. The van der Waals surface area contributed by atoms with Gasteiger partial charge in [0.25, 0.3) is 0 Å². The smallest absolute Gasteiger partial charge is 0.308 e. The van der Waals surface area contributed by atoms with Gasteiger partial charge in [0.15, 0.2) is 0 Å². The summed E-state index contributed by atoms with van der Waals surface area (Å²) in [5.41, 5.74) is 0.968. The first-order chi connectivity index (χ1) is 10.9. The second-order valence-corrected chi connectivity index (χ2v) is 6.04. The third-order valence-corrected chi connectivity index (χ3v) is 3.92. The minimum absolute atomic E-state index is 0.417. The van der Waals surface area contributed by atoms with E-state index in [1.807, 2.05) is 32.4 Å². The molecule has 0 radical (unpaired) electrons. The van der Waals surface area contributed by atoms with Crippen LogP contribution < -0.4 is 9.80 Å². The van der Waals surface area contributed by atoms with Crippen molar-refractivity contribution < 1.29 is 9.90 Å². The largest absolute Gasteiger partial charge is 0.481 e. The molecule has 0 aliphatic heterocycles. The van der Waals surface area contributed by atoms with Crippen molar-refractivity contribution in [1.29, 1.82) is 0 Å². The lowest BCUT2D eigenvalue weighted by Crippen LogP contribution is -2.37. The van der Waals surface area contributed by atoms with Crippen LogP contribution in [-0.2, 0) is 4.79 Å². The van der Waals surface area contributed by atoms with E-state index in [9.17, 15) is 9.90 Å². The molecule has 6 heteroatoms. The summed E-state index contributed by atoms with van der Waals surface area (Å²) in [7, 11) is 4.03. The van der Waals surface area contributed by atoms with Crippen LogP contribution in [0.2, 0.25) is 0 Å². The number of aromatic nitrogens is 1. The van der Waals surface area contributed by atoms with E-state index < -0.39 is 11.9 Å². The number of carbonyl (C=O) groups is 1. The molecule has 23 heavy (non-hydrogen) atoms. The van der Waals surface area contributed by atoms with Crippen LogP contribution in [0.25, 0.3) is 0 Å². The summed E-state index contributed by atoms with van der Waals surface area (Å²) in [5, 5.41) is 9.18. The highest BCUT2D eigenvalue weighted by atomic mass is 16.4. The van der Waals surface area contributed by atoms with Gasteiger partial charge in [-0.05, 0) is 40.1 Å². The fraction of sp³-hybridized carbons (Fsp3) is 0.647. The Morgan fingerprint density at radius 2 is 1.83 bits per heavy atom. The number of anilines is 2. The van der Waals surface area contributed by atoms with Gasteiger partial charge in [-0.2, -0.15) is 0 Å². The summed E-state index contributed by atoms with van der Waals surface area (Å²) < 4.78 is 0. The molecule has 0 saturated carbocycles. The number of nitrogens with zero attached hydrogens (tertiary/aromatic N) is 4. The number of pyridine rings is 1. The van der Waals surface area contributed by atoms with Crippen molar-refractivity contribution in [2.24, 2.45) is 5.92 Å². The van der Waals surface area contributed by atoms with Gasteiger partial charge in [0.05, 0.1) is 17.8 Å². The number of rotatable bonds is 10. The highest BCUT2D eigenvalue weighted by molar-refractivity contribution is 5.70. The van der Waals surface area contributed by atoms with Gasteiger partial charge in [-0.15, -0.1) is 0 Å². The number of carboxylic acid groups (broad SMARTS) is 1. The minimum atomic E-state index is -0.771. The average Bonchev–Trinajstić information content (AvgIpc) is 2.52. The third kappa shape index (κ3) is 6.06. The molecular formula is C17H30N4O2. The Labute approximate surface area is 139 Å². The number of hydrogen-bond acceptors (Lipinski definition) is 5. The lowest BCUT2D eigenvalue weighted by atomic mass is 10.1. The molecule has 0 aliphatic carbocycles. The fourth-order valence-corrected chi connectivity index (χ4v) is 2.36. The van der Waals surface area contributed by atoms with Crippen molar-refractivity contribution in [3.05, 3.63) is 18.3 Å². The lowest BCUT2D eigenvalue weighted by Gasteiger charge is -2.28. The van der Waals surface area contributed by atoms with E-state index >= 15 is 0 Å². The zero-order valence-corrected chi connectivity index (χ0v) is 15.0. The molecule has 1 unspecified atom stereocenters. The van der Waals surface area contributed by atoms with E-state index in [-0.39, 0.29) is 0 Å². The van der Waals surface area contributed by atoms with E-state index in [1.165, 1.54) is 0 Å². The maximum atomic E-state index is 11.2. The van der Waals surface area contributed by atoms with Gasteiger partial charge < -0.3 is 19.8 Å². The molecule has 6 nitrogen and oxygen atoms in total. The average molecular weight is 322 g/mol. The molecule has 0 saturated heterocycles. The predicted molar refractivity (Wildman–Crippen MR) is 95.4 cm³/mol. The van der Waals surface area contributed by atoms with Crippen molar-refractivity contribution in [2.75, 3.05) is 56.6 Å². The Balaban J connectivity index is 2.89. The second kappa shape index (κ2) is 9.35. The fourth-order valence-electron chi connectivity index (χ4n) is 2.36. The number of likely N-dealkylation sites (N-methyl/N-ethyl adjacent to an activating group) is 1. The monoisotopic (exact) mass is 322 g/mol. The number of hydrogen-bond donors (Lipinski definition) is 1. The van der Waals surface area contributed by atoms with Gasteiger partial charge in [-0.25, -0.2) is 4.98 Å². The first kappa shape index (κ1) is 19.2. The Bertz CT molecular complexity index is 472. The summed E-state index contributed by atoms with van der Waals surface area (Å²) in [6, 6.07) is 4.04. The van der Waals surface area contributed by atoms with Gasteiger partial charge in [0.1, 0.15) is 5.82 Å². The van der Waals surface area contributed by atoms with Crippen LogP contribution in [0.15, 0.2) is 18.3 Å². The van der Waals surface area contributed by atoms with E-state index in [1.54, 1.807) is 6.92 Å². The molecule has 1 N–H and O–H groups in total. The van der Waals surface area contributed by atoms with Crippen molar-refractivity contribution in [3.63, 3.8) is 0 Å². The second-order valence-electron chi connectivity index (χ2n) is 6.04. The van der Waals surface area contributed by atoms with Crippen LogP contribution in [0.3, 0.4) is 0 Å². The summed E-state index contributed by atoms with van der Waals surface area (Å²) >= 11 is 0. The molecule has 1 rings (SSSR count). The molecule has 0 spiro atoms. The van der Waals surface area contributed by atoms with E-state index in [2.05, 4.69) is 33.5 Å². The van der Waals surface area contributed by atoms with Crippen LogP contribution in [0.1, 0.15) is 20.8 Å². The van der Waals surface area contributed by atoms with Crippen molar-refractivity contribution in [1.82, 2.24) is 9.88 Å². The number of carboxylic acids is 1. The van der Waals surface area contributed by atoms with Gasteiger partial charge >= 0.3 is 5.97 Å². The Hall–Kier alpha value is -1.82. The normalized spacial score (nSPS) is 12.3. The molecule has 1 aromatic rings. The molecule has 0 amide bonds. The maximum absolute atomic E-state index is 11.2. The molecule has 1 aromatic heterocycles. The van der Waals surface area contributed by atoms with E-state index in [0.29, 0.717) is 6.54 Å². The van der Waals surface area contributed by atoms with Gasteiger partial charge in [-0.3, -0.25) is 4.79 Å². The summed E-state index contributed by atoms with van der Waals surface area (Å²) in [6.07, 6.45) is 1.85. The zero-order valence-electron chi connectivity index (χ0n) is 15.0. The maximum Gasteiger partial charge on any atom is 0.308 e. The Morgan fingerprint density at radius 3 is 2.26 bits per heavy atom. The highest BCUT2D eigenvalue weighted by Crippen LogP contribution is 2.19. The van der Waals surface area contributed by atoms with Crippen LogP contribution in [0.4, 0.5) is 11.5 Å². The molecule has 0 aromatic carbocycles. The van der Waals surface area contributed by atoms with Gasteiger partial charge in [0, 0.05) is 32.7 Å². The molecule has 0 fully saturated rings. The summed E-state index contributed by atoms with van der Waals surface area (Å²) in [6.45, 7) is 9.92. The molecule has 1 atom stereocenters. The highest BCUT2D eigenvalue weighted by Gasteiger charge is 2.17. The summed E-state index contributed by atoms with van der Waals surface area (Å²) in [4.78, 5) is 22.1. The Morgan fingerprint density at radius 1 is 1.17 bits per heavy atom. The Kier molecular flexibility index (Phi) is 7.81. The van der Waals surface area contributed by atoms with Crippen LogP contribution in [0.5, 0.6) is 0 Å². The molecule has 0 bridgehead atoms. The van der Waals surface area contributed by atoms with Crippen molar-refractivity contribution in [2.45, 2.75) is 20.8 Å². The predicted octanol–water partition coefficient (Wildman–Crippen LogP) is 2.02. The van der Waals surface area contributed by atoms with Crippen LogP contribution in [-0.4, -0.2) is 67.8 Å². The van der Waals surface area contributed by atoms with Gasteiger partial charge in [-0.1, -0.05) is 6.92 Å². The van der Waals surface area contributed by atoms with E-state index in [4.69, 9.17) is 0 Å². The standard InChI is InChI=1S/C17H30N4O2/c1-6-20(7-2)16-9-8-15(12-18-16)21(11-10-19(4)5)13-14(3)17(22)23/h8-9,12,14H,6-7,10-11,13H2,1-5H3,(H,22,23). The summed E-state index contributed by atoms with van der Waals surface area (Å²) in [5.74, 6) is -0.232. The molecule has 0 aliphatic rings. The SMILES string of the molecule is CCN(CC)c1ccc(N(CCN(C)C)CC(C)C(=O)O)cn1. The number of aliphatic carboxylic acids is 1. The zero-order chi connectivity index (χ0) is 17.4. The van der Waals surface area contributed by atoms with Crippen molar-refractivity contribution in [3.8, 4) is 0 Å². The van der Waals surface area contributed by atoms with Gasteiger partial charge in [0.2, 0.25) is 0 Å². The first-order valence-corrected chi connectivity index (χ1v) is 8.22.